The van der Waals surface area contributed by atoms with Gasteiger partial charge in [0.25, 0.3) is 5.91 Å². The molecule has 162 valence electrons. The number of hydrogen-bond acceptors (Lipinski definition) is 4. The normalized spacial score (nSPS) is 14.6. The first kappa shape index (κ1) is 22.5. The lowest BCUT2D eigenvalue weighted by atomic mass is 10.1. The monoisotopic (exact) mass is 494 g/mol. The molecule has 4 rings (SSSR count). The van der Waals surface area contributed by atoms with E-state index in [1.807, 2.05) is 35.5 Å². The van der Waals surface area contributed by atoms with E-state index in [0.717, 1.165) is 42.1 Å². The number of piperidine rings is 1. The SMILES string of the molecule is CSc1c(C(=O)NN2CCCCC2)nn(-c2ccc(Cl)cc2Cl)c1-c1ccc(Cl)cc1. The quantitative estimate of drug-likeness (QED) is 0.419. The number of carbonyl (C=O) groups is 1. The summed E-state index contributed by atoms with van der Waals surface area (Å²) in [7, 11) is 0. The van der Waals surface area contributed by atoms with Crippen LogP contribution >= 0.6 is 46.6 Å². The van der Waals surface area contributed by atoms with Crippen LogP contribution in [-0.2, 0) is 0 Å². The van der Waals surface area contributed by atoms with Gasteiger partial charge in [-0.25, -0.2) is 9.69 Å². The van der Waals surface area contributed by atoms with Crippen molar-refractivity contribution in [2.24, 2.45) is 0 Å². The second kappa shape index (κ2) is 9.84. The minimum Gasteiger partial charge on any atom is -0.283 e. The Hall–Kier alpha value is -1.70. The summed E-state index contributed by atoms with van der Waals surface area (Å²) in [5, 5.41) is 8.27. The highest BCUT2D eigenvalue weighted by atomic mass is 35.5. The average Bonchev–Trinajstić information content (AvgIpc) is 3.14. The Kier molecular flexibility index (Phi) is 7.14. The highest BCUT2D eigenvalue weighted by Crippen LogP contribution is 2.37. The molecule has 0 aliphatic carbocycles. The third kappa shape index (κ3) is 4.89. The van der Waals surface area contributed by atoms with Crippen LogP contribution in [0.5, 0.6) is 0 Å². The maximum Gasteiger partial charge on any atom is 0.287 e. The maximum absolute atomic E-state index is 13.2. The topological polar surface area (TPSA) is 50.2 Å². The molecular weight excluding hydrogens is 475 g/mol. The Morgan fingerprint density at radius 3 is 2.32 bits per heavy atom. The molecule has 1 N–H and O–H groups in total. The molecule has 0 saturated carbocycles. The molecule has 1 aliphatic rings. The van der Waals surface area contributed by atoms with Crippen LogP contribution in [0, 0.1) is 0 Å². The molecule has 1 aliphatic heterocycles. The summed E-state index contributed by atoms with van der Waals surface area (Å²) < 4.78 is 1.71. The molecule has 1 fully saturated rings. The van der Waals surface area contributed by atoms with Gasteiger partial charge in [0.1, 0.15) is 0 Å². The summed E-state index contributed by atoms with van der Waals surface area (Å²) in [5.41, 5.74) is 5.67. The minimum absolute atomic E-state index is 0.231. The van der Waals surface area contributed by atoms with Gasteiger partial charge in [0, 0.05) is 28.7 Å². The fourth-order valence-electron chi connectivity index (χ4n) is 3.64. The van der Waals surface area contributed by atoms with Crippen LogP contribution in [0.15, 0.2) is 47.4 Å². The van der Waals surface area contributed by atoms with Crippen LogP contribution in [0.1, 0.15) is 29.8 Å². The minimum atomic E-state index is -0.231. The van der Waals surface area contributed by atoms with E-state index in [0.29, 0.717) is 26.4 Å². The molecule has 3 aromatic rings. The Bertz CT molecular complexity index is 1090. The first-order valence-electron chi connectivity index (χ1n) is 9.92. The van der Waals surface area contributed by atoms with Crippen LogP contribution in [0.4, 0.5) is 0 Å². The van der Waals surface area contributed by atoms with E-state index in [9.17, 15) is 4.79 Å². The van der Waals surface area contributed by atoms with Crippen molar-refractivity contribution in [1.29, 1.82) is 0 Å². The van der Waals surface area contributed by atoms with Crippen molar-refractivity contribution in [2.75, 3.05) is 19.3 Å². The van der Waals surface area contributed by atoms with Gasteiger partial charge < -0.3 is 0 Å². The summed E-state index contributed by atoms with van der Waals surface area (Å²) in [4.78, 5) is 14.0. The number of halogens is 3. The lowest BCUT2D eigenvalue weighted by molar-refractivity contribution is 0.0741. The second-order valence-electron chi connectivity index (χ2n) is 7.23. The van der Waals surface area contributed by atoms with Crippen molar-refractivity contribution < 1.29 is 4.79 Å². The lowest BCUT2D eigenvalue weighted by Gasteiger charge is -2.26. The number of amides is 1. The number of hydrazine groups is 1. The lowest BCUT2D eigenvalue weighted by Crippen LogP contribution is -2.45. The molecule has 0 radical (unpaired) electrons. The first-order chi connectivity index (χ1) is 15.0. The van der Waals surface area contributed by atoms with Gasteiger partial charge in [-0.3, -0.25) is 10.2 Å². The predicted octanol–water partition coefficient (Wildman–Crippen LogP) is 6.35. The Morgan fingerprint density at radius 1 is 1.00 bits per heavy atom. The number of benzene rings is 2. The van der Waals surface area contributed by atoms with E-state index in [1.165, 1.54) is 18.2 Å². The summed E-state index contributed by atoms with van der Waals surface area (Å²) >= 11 is 20.2. The predicted molar refractivity (Wildman–Crippen MR) is 129 cm³/mol. The Labute approximate surface area is 200 Å². The fourth-order valence-corrected chi connectivity index (χ4v) is 4.98. The maximum atomic E-state index is 13.2. The molecule has 1 amide bonds. The summed E-state index contributed by atoms with van der Waals surface area (Å²) in [6.45, 7) is 1.68. The molecule has 9 heteroatoms. The molecule has 0 bridgehead atoms. The molecule has 31 heavy (non-hydrogen) atoms. The zero-order valence-corrected chi connectivity index (χ0v) is 20.0. The van der Waals surface area contributed by atoms with E-state index < -0.39 is 0 Å². The highest BCUT2D eigenvalue weighted by molar-refractivity contribution is 7.98. The third-order valence-corrected chi connectivity index (χ3v) is 6.72. The van der Waals surface area contributed by atoms with Crippen LogP contribution in [0.25, 0.3) is 16.9 Å². The van der Waals surface area contributed by atoms with E-state index in [2.05, 4.69) is 5.43 Å². The Morgan fingerprint density at radius 2 is 1.68 bits per heavy atom. The van der Waals surface area contributed by atoms with E-state index in [-0.39, 0.29) is 5.91 Å². The van der Waals surface area contributed by atoms with Gasteiger partial charge in [-0.15, -0.1) is 11.8 Å². The molecule has 2 heterocycles. The first-order valence-corrected chi connectivity index (χ1v) is 12.3. The van der Waals surface area contributed by atoms with Crippen molar-refractivity contribution in [3.8, 4) is 16.9 Å². The summed E-state index contributed by atoms with van der Waals surface area (Å²) in [6, 6.07) is 12.7. The molecule has 1 saturated heterocycles. The van der Waals surface area contributed by atoms with Gasteiger partial charge in [0.2, 0.25) is 0 Å². The second-order valence-corrected chi connectivity index (χ2v) is 9.33. The zero-order chi connectivity index (χ0) is 22.0. The number of nitrogens with zero attached hydrogens (tertiary/aromatic N) is 3. The van der Waals surface area contributed by atoms with E-state index >= 15 is 0 Å². The van der Waals surface area contributed by atoms with Crippen molar-refractivity contribution in [2.45, 2.75) is 24.2 Å². The van der Waals surface area contributed by atoms with Crippen molar-refractivity contribution in [3.63, 3.8) is 0 Å². The van der Waals surface area contributed by atoms with Gasteiger partial charge in [-0.05, 0) is 49.4 Å². The van der Waals surface area contributed by atoms with Crippen LogP contribution in [0.2, 0.25) is 15.1 Å². The van der Waals surface area contributed by atoms with Gasteiger partial charge >= 0.3 is 0 Å². The largest absolute Gasteiger partial charge is 0.287 e. The summed E-state index contributed by atoms with van der Waals surface area (Å²) in [5.74, 6) is -0.231. The smallest absolute Gasteiger partial charge is 0.283 e. The molecule has 2 aromatic carbocycles. The van der Waals surface area contributed by atoms with Crippen LogP contribution in [0.3, 0.4) is 0 Å². The average molecular weight is 496 g/mol. The van der Waals surface area contributed by atoms with Gasteiger partial charge in [0.05, 0.1) is 21.3 Å². The number of thioether (sulfide) groups is 1. The highest BCUT2D eigenvalue weighted by Gasteiger charge is 2.26. The molecule has 5 nitrogen and oxygen atoms in total. The zero-order valence-electron chi connectivity index (χ0n) is 16.9. The van der Waals surface area contributed by atoms with Gasteiger partial charge in [-0.2, -0.15) is 5.10 Å². The third-order valence-electron chi connectivity index (χ3n) is 5.13. The molecule has 0 atom stereocenters. The van der Waals surface area contributed by atoms with Gasteiger partial charge in [-0.1, -0.05) is 53.4 Å². The van der Waals surface area contributed by atoms with E-state index in [1.54, 1.807) is 22.9 Å². The summed E-state index contributed by atoms with van der Waals surface area (Å²) in [6.07, 6.45) is 5.26. The number of nitrogens with one attached hydrogen (secondary N) is 1. The van der Waals surface area contributed by atoms with Crippen LogP contribution in [-0.4, -0.2) is 40.0 Å². The van der Waals surface area contributed by atoms with Crippen molar-refractivity contribution in [3.05, 3.63) is 63.2 Å². The fraction of sp³-hybridized carbons (Fsp3) is 0.273. The number of carbonyl (C=O) groups excluding carboxylic acids is 1. The number of rotatable bonds is 5. The Balaban J connectivity index is 1.84. The molecule has 1 aromatic heterocycles. The number of aromatic nitrogens is 2. The van der Waals surface area contributed by atoms with E-state index in [4.69, 9.17) is 39.9 Å². The molecule has 0 spiro atoms. The van der Waals surface area contributed by atoms with Crippen LogP contribution < -0.4 is 5.43 Å². The van der Waals surface area contributed by atoms with Crippen molar-refractivity contribution >= 4 is 52.5 Å². The molecular formula is C22H21Cl3N4OS. The molecule has 0 unspecified atom stereocenters. The van der Waals surface area contributed by atoms with Crippen molar-refractivity contribution in [1.82, 2.24) is 20.2 Å². The number of hydrogen-bond donors (Lipinski definition) is 1. The van der Waals surface area contributed by atoms with Gasteiger partial charge in [0.15, 0.2) is 5.69 Å². The standard InChI is InChI=1S/C22H21Cl3N4OS/c1-31-21-19(22(30)27-28-11-3-2-4-12-28)26-29(18-10-9-16(24)13-17(18)25)20(21)14-5-7-15(23)8-6-14/h5-10,13H,2-4,11-12H2,1H3,(H,27,30).